The van der Waals surface area contributed by atoms with Gasteiger partial charge in [0.1, 0.15) is 11.5 Å². The van der Waals surface area contributed by atoms with Gasteiger partial charge in [0, 0.05) is 18.6 Å². The average molecular weight is 458 g/mol. The summed E-state index contributed by atoms with van der Waals surface area (Å²) in [5.41, 5.74) is 2.18. The monoisotopic (exact) mass is 457 g/mol. The molecule has 0 saturated heterocycles. The fourth-order valence-corrected chi connectivity index (χ4v) is 4.59. The summed E-state index contributed by atoms with van der Waals surface area (Å²) in [5, 5.41) is 0. The number of benzene rings is 2. The van der Waals surface area contributed by atoms with Crippen molar-refractivity contribution in [3.05, 3.63) is 71.6 Å². The minimum Gasteiger partial charge on any atom is -0.493 e. The highest BCUT2D eigenvalue weighted by molar-refractivity contribution is 7.91. The molecule has 172 valence electrons. The van der Waals surface area contributed by atoms with Crippen LogP contribution in [0.5, 0.6) is 5.75 Å². The van der Waals surface area contributed by atoms with Crippen LogP contribution in [0.25, 0.3) is 11.5 Å². The lowest BCUT2D eigenvalue weighted by Gasteiger charge is -2.12. The van der Waals surface area contributed by atoms with Gasteiger partial charge in [-0.25, -0.2) is 13.4 Å². The van der Waals surface area contributed by atoms with Crippen molar-refractivity contribution in [2.75, 3.05) is 19.0 Å². The van der Waals surface area contributed by atoms with Crippen LogP contribution in [-0.4, -0.2) is 37.8 Å². The fraction of sp³-hybridized carbons (Fsp3) is 0.400. The van der Waals surface area contributed by atoms with E-state index >= 15 is 0 Å². The molecule has 0 aliphatic heterocycles. The van der Waals surface area contributed by atoms with Crippen LogP contribution in [0.15, 0.2) is 59.0 Å². The van der Waals surface area contributed by atoms with Crippen LogP contribution in [0.2, 0.25) is 0 Å². The Morgan fingerprint density at radius 1 is 1.03 bits per heavy atom. The number of nitrogens with zero attached hydrogens (tertiary/aromatic N) is 1. The maximum absolute atomic E-state index is 12.1. The minimum atomic E-state index is -3.22. The molecule has 0 N–H and O–H groups in total. The summed E-state index contributed by atoms with van der Waals surface area (Å²) < 4.78 is 41.2. The van der Waals surface area contributed by atoms with Gasteiger partial charge in [-0.1, -0.05) is 30.3 Å². The Labute approximate surface area is 190 Å². The molecule has 0 amide bonds. The van der Waals surface area contributed by atoms with Crippen molar-refractivity contribution in [3.63, 3.8) is 0 Å². The van der Waals surface area contributed by atoms with Crippen molar-refractivity contribution >= 4 is 9.84 Å². The van der Waals surface area contributed by atoms with Crippen molar-refractivity contribution in [1.29, 1.82) is 0 Å². The normalized spacial score (nSPS) is 12.6. The molecule has 0 radical (unpaired) electrons. The molecule has 6 nitrogen and oxygen atoms in total. The Balaban J connectivity index is 1.45. The minimum absolute atomic E-state index is 0.119. The number of ether oxygens (including phenoxy) is 2. The Kier molecular flexibility index (Phi) is 8.47. The van der Waals surface area contributed by atoms with Gasteiger partial charge < -0.3 is 13.9 Å². The van der Waals surface area contributed by atoms with Crippen LogP contribution in [0.4, 0.5) is 0 Å². The second-order valence-electron chi connectivity index (χ2n) is 7.62. The second-order valence-corrected chi connectivity index (χ2v) is 10.0. The Bertz CT molecular complexity index is 1080. The van der Waals surface area contributed by atoms with Gasteiger partial charge in [0.2, 0.25) is 5.89 Å². The van der Waals surface area contributed by atoms with Gasteiger partial charge in [-0.05, 0) is 63.4 Å². The van der Waals surface area contributed by atoms with Crippen LogP contribution in [0.3, 0.4) is 0 Å². The number of sulfone groups is 1. The highest BCUT2D eigenvalue weighted by Gasteiger charge is 2.20. The smallest absolute Gasteiger partial charge is 0.226 e. The van der Waals surface area contributed by atoms with E-state index < -0.39 is 15.3 Å². The molecular formula is C25H31NO5S. The van der Waals surface area contributed by atoms with Crippen molar-refractivity contribution in [2.24, 2.45) is 0 Å². The maximum Gasteiger partial charge on any atom is 0.226 e. The Morgan fingerprint density at radius 2 is 1.75 bits per heavy atom. The first-order valence-electron chi connectivity index (χ1n) is 11.0. The van der Waals surface area contributed by atoms with E-state index in [1.165, 1.54) is 0 Å². The molecule has 0 aliphatic rings. The van der Waals surface area contributed by atoms with E-state index in [9.17, 15) is 8.42 Å². The fourth-order valence-electron chi connectivity index (χ4n) is 3.36. The summed E-state index contributed by atoms with van der Waals surface area (Å²) in [6.45, 7) is 6.19. The Morgan fingerprint density at radius 3 is 2.44 bits per heavy atom. The topological polar surface area (TPSA) is 78.6 Å². The summed E-state index contributed by atoms with van der Waals surface area (Å²) in [5.74, 6) is 2.32. The number of aromatic nitrogens is 1. The quantitative estimate of drug-likeness (QED) is 0.381. The van der Waals surface area contributed by atoms with E-state index in [-0.39, 0.29) is 5.75 Å². The first-order valence-corrected chi connectivity index (χ1v) is 12.7. The van der Waals surface area contributed by atoms with Gasteiger partial charge in [0.25, 0.3) is 0 Å². The predicted molar refractivity (Wildman–Crippen MR) is 126 cm³/mol. The molecule has 0 bridgehead atoms. The molecule has 3 aromatic rings. The number of oxazole rings is 1. The van der Waals surface area contributed by atoms with E-state index in [0.717, 1.165) is 28.3 Å². The first kappa shape index (κ1) is 24.0. The van der Waals surface area contributed by atoms with Crippen LogP contribution in [0, 0.1) is 6.92 Å². The highest BCUT2D eigenvalue weighted by atomic mass is 32.2. The standard InChI is InChI=1S/C25H31NO5S/c1-4-29-20(3)32(27,28)18-8-9-21-12-14-23(15-13-21)30-17-16-24-19(2)31-25(26-24)22-10-6-5-7-11-22/h5-7,10-15,20H,4,8-9,16-18H2,1-3H3/t20-/m0/s1. The number of hydrogen-bond donors (Lipinski definition) is 0. The zero-order valence-electron chi connectivity index (χ0n) is 18.9. The molecule has 1 heterocycles. The largest absolute Gasteiger partial charge is 0.493 e. The number of hydrogen-bond acceptors (Lipinski definition) is 6. The third-order valence-electron chi connectivity index (χ3n) is 5.25. The van der Waals surface area contributed by atoms with Crippen LogP contribution >= 0.6 is 0 Å². The van der Waals surface area contributed by atoms with Crippen molar-refractivity contribution in [2.45, 2.75) is 45.5 Å². The molecule has 2 aromatic carbocycles. The van der Waals surface area contributed by atoms with Crippen molar-refractivity contribution in [1.82, 2.24) is 4.98 Å². The van der Waals surface area contributed by atoms with Gasteiger partial charge in [0.15, 0.2) is 15.3 Å². The van der Waals surface area contributed by atoms with Crippen molar-refractivity contribution < 1.29 is 22.3 Å². The molecule has 3 rings (SSSR count). The van der Waals surface area contributed by atoms with E-state index in [1.807, 2.05) is 61.5 Å². The third-order valence-corrected chi connectivity index (χ3v) is 7.25. The molecule has 0 spiro atoms. The zero-order chi connectivity index (χ0) is 23.0. The molecule has 0 aliphatic carbocycles. The predicted octanol–water partition coefficient (Wildman–Crippen LogP) is 5.00. The van der Waals surface area contributed by atoms with Crippen molar-refractivity contribution in [3.8, 4) is 17.2 Å². The van der Waals surface area contributed by atoms with Gasteiger partial charge in [-0.3, -0.25) is 0 Å². The van der Waals surface area contributed by atoms with Gasteiger partial charge >= 0.3 is 0 Å². The van der Waals surface area contributed by atoms with E-state index in [1.54, 1.807) is 13.8 Å². The molecular weight excluding hydrogens is 426 g/mol. The number of aryl methyl sites for hydroxylation is 2. The van der Waals surface area contributed by atoms with Crippen LogP contribution < -0.4 is 4.74 Å². The summed E-state index contributed by atoms with van der Waals surface area (Å²) in [4.78, 5) is 4.60. The maximum atomic E-state index is 12.1. The summed E-state index contributed by atoms with van der Waals surface area (Å²) in [7, 11) is -3.22. The lowest BCUT2D eigenvalue weighted by Crippen LogP contribution is -2.24. The molecule has 32 heavy (non-hydrogen) atoms. The Hall–Kier alpha value is -2.64. The molecule has 1 atom stereocenters. The second kappa shape index (κ2) is 11.3. The highest BCUT2D eigenvalue weighted by Crippen LogP contribution is 2.22. The SMILES string of the molecule is CCO[C@H](C)S(=O)(=O)CCCc1ccc(OCCc2nc(-c3ccccc3)oc2C)cc1. The number of rotatable bonds is 12. The zero-order valence-corrected chi connectivity index (χ0v) is 19.7. The van der Waals surface area contributed by atoms with Gasteiger partial charge in [0.05, 0.1) is 18.1 Å². The molecule has 1 aromatic heterocycles. The van der Waals surface area contributed by atoms with Gasteiger partial charge in [-0.2, -0.15) is 0 Å². The molecule has 0 saturated carbocycles. The summed E-state index contributed by atoms with van der Waals surface area (Å²) in [6, 6.07) is 17.6. The average Bonchev–Trinajstić information content (AvgIpc) is 3.16. The first-order chi connectivity index (χ1) is 15.4. The van der Waals surface area contributed by atoms with E-state index in [4.69, 9.17) is 13.9 Å². The van der Waals surface area contributed by atoms with E-state index in [2.05, 4.69) is 4.98 Å². The molecule has 7 heteroatoms. The lowest BCUT2D eigenvalue weighted by molar-refractivity contribution is 0.129. The lowest BCUT2D eigenvalue weighted by atomic mass is 10.1. The molecule has 0 fully saturated rings. The van der Waals surface area contributed by atoms with Gasteiger partial charge in [-0.15, -0.1) is 0 Å². The van der Waals surface area contributed by atoms with Crippen LogP contribution in [-0.2, 0) is 27.4 Å². The summed E-state index contributed by atoms with van der Waals surface area (Å²) in [6.07, 6.45) is 1.91. The van der Waals surface area contributed by atoms with Crippen LogP contribution in [0.1, 0.15) is 37.3 Å². The summed E-state index contributed by atoms with van der Waals surface area (Å²) >= 11 is 0. The van der Waals surface area contributed by atoms with E-state index in [0.29, 0.717) is 38.4 Å². The third kappa shape index (κ3) is 6.68. The molecule has 0 unspecified atom stereocenters.